The second kappa shape index (κ2) is 14.0. The highest BCUT2D eigenvalue weighted by Gasteiger charge is 2.14. The maximum Gasteiger partial charge on any atom is 0.296 e. The van der Waals surface area contributed by atoms with Crippen LogP contribution < -0.4 is 0 Å². The first-order chi connectivity index (χ1) is 12.6. The second-order valence-electron chi connectivity index (χ2n) is 5.95. The lowest BCUT2D eigenvalue weighted by molar-refractivity contribution is -0.702. The first-order valence-electron chi connectivity index (χ1n) is 8.79. The Balaban J connectivity index is 1.94. The first kappa shape index (κ1) is 23.0. The summed E-state index contributed by atoms with van der Waals surface area (Å²) >= 11 is 0. The highest BCUT2D eigenvalue weighted by atomic mass is 32.2. The zero-order valence-corrected chi connectivity index (χ0v) is 15.9. The van der Waals surface area contributed by atoms with E-state index in [0.29, 0.717) is 6.61 Å². The monoisotopic (exact) mass is 392 g/mol. The third-order valence-electron chi connectivity index (χ3n) is 3.78. The number of aryl methyl sites for hydroxylation is 1. The fourth-order valence-electron chi connectivity index (χ4n) is 2.33. The van der Waals surface area contributed by atoms with Crippen molar-refractivity contribution in [1.29, 1.82) is 0 Å². The predicted octanol–water partition coefficient (Wildman–Crippen LogP) is 4.11. The van der Waals surface area contributed by atoms with Gasteiger partial charge in [-0.2, -0.15) is 8.42 Å². The standard InChI is InChI=1S/C17H28O8S/c1-16-10-12-17(13-11-16)26(19,20)22-15-9-7-5-3-2-4-6-8-14-21-24-25-23-18/h10-13,18H,2-9,14-15H2,1H3. The number of hydrogen-bond donors (Lipinski definition) is 1. The van der Waals surface area contributed by atoms with Crippen LogP contribution in [0.1, 0.15) is 56.9 Å². The maximum absolute atomic E-state index is 12.0. The predicted molar refractivity (Wildman–Crippen MR) is 93.1 cm³/mol. The molecule has 0 aliphatic rings. The Kier molecular flexibility index (Phi) is 12.4. The molecule has 8 nitrogen and oxygen atoms in total. The number of rotatable bonds is 16. The van der Waals surface area contributed by atoms with Crippen molar-refractivity contribution < 1.29 is 37.9 Å². The Hall–Kier alpha value is -1.07. The summed E-state index contributed by atoms with van der Waals surface area (Å²) in [6, 6.07) is 6.64. The molecular formula is C17H28O8S. The van der Waals surface area contributed by atoms with Crippen LogP contribution in [-0.2, 0) is 34.3 Å². The summed E-state index contributed by atoms with van der Waals surface area (Å²) in [6.45, 7) is 2.48. The fraction of sp³-hybridized carbons (Fsp3) is 0.647. The van der Waals surface area contributed by atoms with Gasteiger partial charge in [-0.25, -0.2) is 10.1 Å². The van der Waals surface area contributed by atoms with Gasteiger partial charge in [-0.05, 0) is 47.0 Å². The van der Waals surface area contributed by atoms with Crippen LogP contribution in [0, 0.1) is 6.92 Å². The molecule has 0 aliphatic heterocycles. The van der Waals surface area contributed by atoms with Gasteiger partial charge >= 0.3 is 0 Å². The Morgan fingerprint density at radius 2 is 1.35 bits per heavy atom. The minimum Gasteiger partial charge on any atom is -0.266 e. The molecule has 0 unspecified atom stereocenters. The molecule has 0 aromatic heterocycles. The van der Waals surface area contributed by atoms with Gasteiger partial charge in [0.1, 0.15) is 0 Å². The van der Waals surface area contributed by atoms with E-state index in [0.717, 1.165) is 56.9 Å². The summed E-state index contributed by atoms with van der Waals surface area (Å²) in [7, 11) is -3.65. The number of benzene rings is 1. The van der Waals surface area contributed by atoms with Crippen molar-refractivity contribution in [2.75, 3.05) is 13.2 Å². The molecule has 150 valence electrons. The van der Waals surface area contributed by atoms with Crippen LogP contribution in [0.3, 0.4) is 0 Å². The molecule has 1 rings (SSSR count). The van der Waals surface area contributed by atoms with E-state index >= 15 is 0 Å². The molecule has 0 radical (unpaired) electrons. The largest absolute Gasteiger partial charge is 0.296 e. The molecule has 0 fully saturated rings. The molecule has 0 saturated heterocycles. The van der Waals surface area contributed by atoms with Crippen LogP contribution in [-0.4, -0.2) is 26.9 Å². The van der Waals surface area contributed by atoms with Crippen LogP contribution in [0.5, 0.6) is 0 Å². The summed E-state index contributed by atoms with van der Waals surface area (Å²) in [5.41, 5.74) is 1.01. The van der Waals surface area contributed by atoms with Crippen LogP contribution in [0.2, 0.25) is 0 Å². The third-order valence-corrected chi connectivity index (χ3v) is 5.10. The van der Waals surface area contributed by atoms with Crippen molar-refractivity contribution in [2.45, 2.75) is 63.2 Å². The van der Waals surface area contributed by atoms with E-state index < -0.39 is 10.1 Å². The van der Waals surface area contributed by atoms with Crippen LogP contribution in [0.25, 0.3) is 0 Å². The van der Waals surface area contributed by atoms with Gasteiger partial charge in [0, 0.05) is 0 Å². The lowest BCUT2D eigenvalue weighted by Gasteiger charge is -2.06. The van der Waals surface area contributed by atoms with Crippen molar-refractivity contribution in [3.8, 4) is 0 Å². The quantitative estimate of drug-likeness (QED) is 0.194. The molecular weight excluding hydrogens is 364 g/mol. The zero-order chi connectivity index (χ0) is 19.1. The molecule has 1 aromatic rings. The topological polar surface area (TPSA) is 101 Å². The molecule has 0 heterocycles. The molecule has 1 N–H and O–H groups in total. The molecule has 0 atom stereocenters. The molecule has 0 saturated carbocycles. The smallest absolute Gasteiger partial charge is 0.266 e. The molecule has 1 aromatic carbocycles. The summed E-state index contributed by atoms with van der Waals surface area (Å²) in [5.74, 6) is 0. The average molecular weight is 392 g/mol. The number of hydrogen-bond acceptors (Lipinski definition) is 8. The van der Waals surface area contributed by atoms with Gasteiger partial charge in [-0.3, -0.25) is 4.18 Å². The maximum atomic E-state index is 12.0. The fourth-order valence-corrected chi connectivity index (χ4v) is 3.27. The minimum atomic E-state index is -3.65. The first-order valence-corrected chi connectivity index (χ1v) is 10.2. The lowest BCUT2D eigenvalue weighted by atomic mass is 10.1. The van der Waals surface area contributed by atoms with Gasteiger partial charge in [0.25, 0.3) is 10.1 Å². The van der Waals surface area contributed by atoms with Gasteiger partial charge < -0.3 is 0 Å². The summed E-state index contributed by atoms with van der Waals surface area (Å²) in [5, 5.41) is 18.6. The molecule has 0 amide bonds. The third kappa shape index (κ3) is 10.8. The molecule has 0 spiro atoms. The van der Waals surface area contributed by atoms with E-state index in [1.54, 1.807) is 24.3 Å². The highest BCUT2D eigenvalue weighted by molar-refractivity contribution is 7.86. The van der Waals surface area contributed by atoms with Gasteiger partial charge in [0.15, 0.2) is 0 Å². The highest BCUT2D eigenvalue weighted by Crippen LogP contribution is 2.14. The molecule has 9 heteroatoms. The van der Waals surface area contributed by atoms with Gasteiger partial charge in [-0.1, -0.05) is 56.2 Å². The van der Waals surface area contributed by atoms with Crippen LogP contribution in [0.15, 0.2) is 29.2 Å². The van der Waals surface area contributed by atoms with Crippen LogP contribution in [0.4, 0.5) is 0 Å². The normalized spacial score (nSPS) is 11.8. The van der Waals surface area contributed by atoms with E-state index in [2.05, 4.69) is 20.0 Å². The summed E-state index contributed by atoms with van der Waals surface area (Å²) in [6.07, 6.45) is 7.83. The summed E-state index contributed by atoms with van der Waals surface area (Å²) in [4.78, 5) is 4.74. The van der Waals surface area contributed by atoms with Crippen molar-refractivity contribution >= 4 is 10.1 Å². The molecule has 0 aliphatic carbocycles. The van der Waals surface area contributed by atoms with E-state index in [4.69, 9.17) is 9.44 Å². The molecule has 0 bridgehead atoms. The minimum absolute atomic E-state index is 0.202. The zero-order valence-electron chi connectivity index (χ0n) is 15.1. The second-order valence-corrected chi connectivity index (χ2v) is 7.57. The van der Waals surface area contributed by atoms with E-state index in [1.165, 1.54) is 0 Å². The Bertz CT molecular complexity index is 559. The van der Waals surface area contributed by atoms with Gasteiger partial charge in [0.05, 0.1) is 18.1 Å². The van der Waals surface area contributed by atoms with Crippen molar-refractivity contribution in [3.05, 3.63) is 29.8 Å². The van der Waals surface area contributed by atoms with E-state index in [9.17, 15) is 8.42 Å². The Labute approximate surface area is 154 Å². The van der Waals surface area contributed by atoms with E-state index in [1.807, 2.05) is 6.92 Å². The molecule has 26 heavy (non-hydrogen) atoms. The lowest BCUT2D eigenvalue weighted by Crippen LogP contribution is -2.07. The van der Waals surface area contributed by atoms with Gasteiger partial charge in [0.2, 0.25) is 0 Å². The van der Waals surface area contributed by atoms with Gasteiger partial charge in [-0.15, -0.1) is 0 Å². The van der Waals surface area contributed by atoms with Crippen molar-refractivity contribution in [1.82, 2.24) is 0 Å². The SMILES string of the molecule is Cc1ccc(S(=O)(=O)OCCCCCCCCCCOOOOO)cc1. The van der Waals surface area contributed by atoms with Crippen molar-refractivity contribution in [3.63, 3.8) is 0 Å². The van der Waals surface area contributed by atoms with Crippen LogP contribution >= 0.6 is 0 Å². The Morgan fingerprint density at radius 1 is 0.808 bits per heavy atom. The average Bonchev–Trinajstić information content (AvgIpc) is 2.62. The number of unbranched alkanes of at least 4 members (excludes halogenated alkanes) is 7. The Morgan fingerprint density at radius 3 is 1.92 bits per heavy atom. The van der Waals surface area contributed by atoms with E-state index in [-0.39, 0.29) is 11.5 Å². The summed E-state index contributed by atoms with van der Waals surface area (Å²) < 4.78 is 29.1. The van der Waals surface area contributed by atoms with Crippen molar-refractivity contribution in [2.24, 2.45) is 0 Å².